The van der Waals surface area contributed by atoms with Crippen molar-refractivity contribution in [2.45, 2.75) is 26.1 Å². The van der Waals surface area contributed by atoms with Gasteiger partial charge in [-0.25, -0.2) is 12.7 Å². The number of hydrogen-bond donors (Lipinski definition) is 0. The second kappa shape index (κ2) is 6.89. The number of hydrogen-bond acceptors (Lipinski definition) is 5. The van der Waals surface area contributed by atoms with E-state index in [4.69, 9.17) is 0 Å². The van der Waals surface area contributed by atoms with E-state index in [1.165, 1.54) is 23.5 Å². The Balaban J connectivity index is 2.12. The summed E-state index contributed by atoms with van der Waals surface area (Å²) in [5.74, 6) is -1.53. The zero-order chi connectivity index (χ0) is 18.0. The summed E-state index contributed by atoms with van der Waals surface area (Å²) in [7, 11) is -1.84. The van der Waals surface area contributed by atoms with E-state index in [9.17, 15) is 21.6 Å². The Morgan fingerprint density at radius 2 is 1.83 bits per heavy atom. The van der Waals surface area contributed by atoms with Crippen molar-refractivity contribution in [3.63, 3.8) is 0 Å². The summed E-state index contributed by atoms with van der Waals surface area (Å²) in [5, 5.41) is 3.29. The zero-order valence-corrected chi connectivity index (χ0v) is 13.9. The molecule has 1 heterocycles. The first kappa shape index (κ1) is 18.4. The Bertz CT molecular complexity index is 786. The highest BCUT2D eigenvalue weighted by Crippen LogP contribution is 2.29. The minimum Gasteiger partial charge on any atom is -0.329 e. The van der Waals surface area contributed by atoms with Crippen molar-refractivity contribution in [1.82, 2.24) is 14.4 Å². The highest BCUT2D eigenvalue weighted by atomic mass is 32.2. The fourth-order valence-electron chi connectivity index (χ4n) is 1.98. The first-order chi connectivity index (χ1) is 11.1. The van der Waals surface area contributed by atoms with Crippen molar-refractivity contribution in [1.29, 1.82) is 0 Å². The number of benzene rings is 1. The van der Waals surface area contributed by atoms with Gasteiger partial charge >= 0.3 is 12.1 Å². The van der Waals surface area contributed by atoms with Gasteiger partial charge in [-0.2, -0.15) is 18.2 Å². The lowest BCUT2D eigenvalue weighted by atomic mass is 10.1. The maximum atomic E-state index is 12.4. The third-order valence-electron chi connectivity index (χ3n) is 3.22. The van der Waals surface area contributed by atoms with E-state index in [1.807, 2.05) is 0 Å². The van der Waals surface area contributed by atoms with Crippen molar-refractivity contribution in [2.75, 3.05) is 12.8 Å². The normalized spacial score (nSPS) is 12.8. The number of rotatable bonds is 6. The van der Waals surface area contributed by atoms with Crippen LogP contribution < -0.4 is 0 Å². The smallest absolute Gasteiger partial charge is 0.329 e. The molecular formula is C14H16F3N3O3S. The minimum absolute atomic E-state index is 0.0602. The van der Waals surface area contributed by atoms with E-state index in [1.54, 1.807) is 19.1 Å². The van der Waals surface area contributed by atoms with Crippen LogP contribution in [-0.4, -0.2) is 35.7 Å². The van der Waals surface area contributed by atoms with Gasteiger partial charge in [0.05, 0.1) is 5.75 Å². The van der Waals surface area contributed by atoms with E-state index >= 15 is 0 Å². The first-order valence-electron chi connectivity index (χ1n) is 7.07. The van der Waals surface area contributed by atoms with Crippen LogP contribution in [0.25, 0.3) is 11.4 Å². The van der Waals surface area contributed by atoms with Gasteiger partial charge in [0.25, 0.3) is 0 Å². The molecule has 0 aliphatic rings. The predicted molar refractivity (Wildman–Crippen MR) is 80.3 cm³/mol. The molecule has 24 heavy (non-hydrogen) atoms. The molecular weight excluding hydrogens is 347 g/mol. The van der Waals surface area contributed by atoms with Crippen LogP contribution in [0.3, 0.4) is 0 Å². The predicted octanol–water partition coefficient (Wildman–Crippen LogP) is 2.93. The Morgan fingerprint density at radius 1 is 1.21 bits per heavy atom. The Labute approximate surface area is 137 Å². The van der Waals surface area contributed by atoms with E-state index in [2.05, 4.69) is 14.7 Å². The van der Waals surface area contributed by atoms with Gasteiger partial charge in [0.1, 0.15) is 0 Å². The molecule has 1 aromatic heterocycles. The maximum absolute atomic E-state index is 12.4. The highest BCUT2D eigenvalue weighted by Gasteiger charge is 2.38. The number of halogens is 3. The maximum Gasteiger partial charge on any atom is 0.471 e. The molecule has 0 amide bonds. The number of nitrogens with zero attached hydrogens (tertiary/aromatic N) is 3. The molecule has 1 aromatic carbocycles. The third-order valence-corrected chi connectivity index (χ3v) is 5.23. The summed E-state index contributed by atoms with van der Waals surface area (Å²) in [6, 6.07) is 6.25. The molecule has 0 saturated heterocycles. The molecule has 0 aliphatic heterocycles. The van der Waals surface area contributed by atoms with E-state index in [-0.39, 0.29) is 18.1 Å². The fourth-order valence-corrected chi connectivity index (χ4v) is 3.16. The quantitative estimate of drug-likeness (QED) is 0.789. The minimum atomic E-state index is -4.69. The van der Waals surface area contributed by atoms with Crippen LogP contribution in [0.15, 0.2) is 28.8 Å². The molecule has 0 unspecified atom stereocenters. The Kier molecular flexibility index (Phi) is 5.29. The second-order valence-corrected chi connectivity index (χ2v) is 7.39. The van der Waals surface area contributed by atoms with E-state index < -0.39 is 22.1 Å². The molecule has 6 nitrogen and oxygen atoms in total. The first-order valence-corrected chi connectivity index (χ1v) is 8.68. The lowest BCUT2D eigenvalue weighted by Gasteiger charge is -2.16. The summed E-state index contributed by atoms with van der Waals surface area (Å²) < 4.78 is 66.5. The molecule has 2 rings (SSSR count). The third kappa shape index (κ3) is 4.32. The summed E-state index contributed by atoms with van der Waals surface area (Å²) in [4.78, 5) is 3.30. The van der Waals surface area contributed by atoms with Crippen molar-refractivity contribution >= 4 is 10.0 Å². The lowest BCUT2D eigenvalue weighted by molar-refractivity contribution is -0.159. The van der Waals surface area contributed by atoms with Gasteiger partial charge in [0.2, 0.25) is 15.8 Å². The summed E-state index contributed by atoms with van der Waals surface area (Å²) in [6.45, 7) is 1.95. The van der Waals surface area contributed by atoms with Gasteiger partial charge < -0.3 is 4.52 Å². The molecule has 2 aromatic rings. The SMILES string of the molecule is CCCS(=O)(=O)N(C)Cc1ccc(-c2noc(C(F)(F)F)n2)cc1. The van der Waals surface area contributed by atoms with Crippen LogP contribution in [0, 0.1) is 0 Å². The standard InChI is InChI=1S/C14H16F3N3O3S/c1-3-8-24(21,22)20(2)9-10-4-6-11(7-5-10)12-18-13(23-19-12)14(15,16)17/h4-7H,3,8-9H2,1-2H3. The second-order valence-electron chi connectivity index (χ2n) is 5.19. The number of sulfonamides is 1. The van der Waals surface area contributed by atoms with Gasteiger partial charge in [0, 0.05) is 19.2 Å². The average molecular weight is 363 g/mol. The Hall–Kier alpha value is -1.94. The molecule has 0 aliphatic carbocycles. The number of aromatic nitrogens is 2. The lowest BCUT2D eigenvalue weighted by Crippen LogP contribution is -2.28. The molecule has 0 bridgehead atoms. The fraction of sp³-hybridized carbons (Fsp3) is 0.429. The molecule has 0 saturated carbocycles. The molecule has 0 N–H and O–H groups in total. The van der Waals surface area contributed by atoms with Crippen LogP contribution >= 0.6 is 0 Å². The topological polar surface area (TPSA) is 76.3 Å². The van der Waals surface area contributed by atoms with Gasteiger partial charge in [-0.15, -0.1) is 0 Å². The molecule has 132 valence electrons. The van der Waals surface area contributed by atoms with Gasteiger partial charge in [-0.1, -0.05) is 36.3 Å². The zero-order valence-electron chi connectivity index (χ0n) is 13.0. The molecule has 0 fully saturated rings. The largest absolute Gasteiger partial charge is 0.471 e. The number of alkyl halides is 3. The monoisotopic (exact) mass is 363 g/mol. The summed E-state index contributed by atoms with van der Waals surface area (Å²) >= 11 is 0. The van der Waals surface area contributed by atoms with Gasteiger partial charge in [-0.3, -0.25) is 0 Å². The molecule has 10 heteroatoms. The molecule has 0 spiro atoms. The van der Waals surface area contributed by atoms with Crippen LogP contribution in [-0.2, 0) is 22.7 Å². The van der Waals surface area contributed by atoms with Crippen molar-refractivity contribution in [2.24, 2.45) is 0 Å². The van der Waals surface area contributed by atoms with Crippen molar-refractivity contribution in [3.05, 3.63) is 35.7 Å². The van der Waals surface area contributed by atoms with Crippen LogP contribution in [0.2, 0.25) is 0 Å². The Morgan fingerprint density at radius 3 is 2.33 bits per heavy atom. The van der Waals surface area contributed by atoms with Crippen LogP contribution in [0.4, 0.5) is 13.2 Å². The van der Waals surface area contributed by atoms with Crippen molar-refractivity contribution in [3.8, 4) is 11.4 Å². The van der Waals surface area contributed by atoms with Crippen molar-refractivity contribution < 1.29 is 26.1 Å². The van der Waals surface area contributed by atoms with Gasteiger partial charge in [0.15, 0.2) is 0 Å². The van der Waals surface area contributed by atoms with Crippen LogP contribution in [0.1, 0.15) is 24.8 Å². The highest BCUT2D eigenvalue weighted by molar-refractivity contribution is 7.89. The molecule has 0 atom stereocenters. The summed E-state index contributed by atoms with van der Waals surface area (Å²) in [6.07, 6.45) is -4.17. The van der Waals surface area contributed by atoms with E-state index in [0.29, 0.717) is 17.5 Å². The van der Waals surface area contributed by atoms with Crippen LogP contribution in [0.5, 0.6) is 0 Å². The van der Waals surface area contributed by atoms with E-state index in [0.717, 1.165) is 0 Å². The van der Waals surface area contributed by atoms with Gasteiger partial charge in [-0.05, 0) is 12.0 Å². The summed E-state index contributed by atoms with van der Waals surface area (Å²) in [5.41, 5.74) is 1.04. The average Bonchev–Trinajstić information content (AvgIpc) is 2.98. The molecule has 0 radical (unpaired) electrons.